The molecular weight excluding hydrogens is 224 g/mol. The lowest BCUT2D eigenvalue weighted by atomic mass is 10.1. The predicted molar refractivity (Wildman–Crippen MR) is 64.8 cm³/mol. The smallest absolute Gasteiger partial charge is 0.235 e. The highest BCUT2D eigenvalue weighted by Gasteiger charge is 2.20. The Balaban J connectivity index is 2.17. The Morgan fingerprint density at radius 2 is 2.12 bits per heavy atom. The fourth-order valence-electron chi connectivity index (χ4n) is 2.02. The number of piperidine rings is 1. The van der Waals surface area contributed by atoms with Crippen molar-refractivity contribution in [2.24, 2.45) is 5.84 Å². The maximum absolute atomic E-state index is 11.6. The van der Waals surface area contributed by atoms with Crippen molar-refractivity contribution in [1.29, 1.82) is 0 Å². The van der Waals surface area contributed by atoms with Gasteiger partial charge in [0.1, 0.15) is 0 Å². The standard InChI is InChI=1S/C11H22N4O2/c1-9-4-2-3-7-15(9)8-11(17)13-6-5-10(16)14-12/h9H,2-8,12H2,1H3,(H,13,17)(H,14,16)/t9-/m0/s1/i1+1,6+1,11+1,13+1. The molecule has 0 aromatic heterocycles. The number of carbonyl (C=O) groups is 2. The molecular formula is C11H22N4O2. The first-order valence-corrected chi connectivity index (χ1v) is 6.13. The van der Waals surface area contributed by atoms with Crippen molar-refractivity contribution in [3.05, 3.63) is 0 Å². The van der Waals surface area contributed by atoms with E-state index in [0.29, 0.717) is 19.1 Å². The zero-order chi connectivity index (χ0) is 12.7. The molecule has 0 aliphatic carbocycles. The highest BCUT2D eigenvalue weighted by molar-refractivity contribution is 5.79. The van der Waals surface area contributed by atoms with Gasteiger partial charge in [-0.05, 0) is 26.3 Å². The lowest BCUT2D eigenvalue weighted by Gasteiger charge is -2.32. The highest BCUT2D eigenvalue weighted by atomic mass is 16.3. The highest BCUT2D eigenvalue weighted by Crippen LogP contribution is 2.15. The van der Waals surface area contributed by atoms with E-state index < -0.39 is 0 Å². The molecule has 0 aromatic rings. The van der Waals surface area contributed by atoms with Gasteiger partial charge in [0.25, 0.3) is 0 Å². The molecule has 17 heavy (non-hydrogen) atoms. The molecule has 6 nitrogen and oxygen atoms in total. The SMILES string of the molecule is [13CH3][C@H]1CCCCN1C[13C](=O)[15NH][13CH2]CC(=O)NN. The zero-order valence-corrected chi connectivity index (χ0v) is 10.4. The fourth-order valence-corrected chi connectivity index (χ4v) is 2.02. The van der Waals surface area contributed by atoms with Crippen LogP contribution in [0.25, 0.3) is 0 Å². The van der Waals surface area contributed by atoms with Crippen LogP contribution in [-0.2, 0) is 9.59 Å². The minimum Gasteiger partial charge on any atom is -0.354 e. The summed E-state index contributed by atoms with van der Waals surface area (Å²) in [4.78, 5) is 24.6. The number of carbonyl (C=O) groups excluding carboxylic acids is 2. The van der Waals surface area contributed by atoms with Crippen LogP contribution in [0.4, 0.5) is 0 Å². The van der Waals surface area contributed by atoms with Crippen LogP contribution in [-0.4, -0.2) is 42.4 Å². The first-order valence-electron chi connectivity index (χ1n) is 6.13. The summed E-state index contributed by atoms with van der Waals surface area (Å²) >= 11 is 0. The average Bonchev–Trinajstić information content (AvgIpc) is 2.32. The van der Waals surface area contributed by atoms with Gasteiger partial charge in [0.05, 0.1) is 6.54 Å². The first kappa shape index (κ1) is 13.9. The summed E-state index contributed by atoms with van der Waals surface area (Å²) in [6.45, 7) is 3.89. The zero-order valence-electron chi connectivity index (χ0n) is 10.4. The van der Waals surface area contributed by atoms with Crippen LogP contribution < -0.4 is 16.6 Å². The van der Waals surface area contributed by atoms with Gasteiger partial charge in [0.15, 0.2) is 0 Å². The van der Waals surface area contributed by atoms with E-state index in [9.17, 15) is 9.59 Å². The maximum Gasteiger partial charge on any atom is 0.235 e. The second-order valence-electron chi connectivity index (χ2n) is 4.48. The average molecular weight is 246 g/mol. The minimum absolute atomic E-state index is 0.0245. The molecule has 0 saturated carbocycles. The van der Waals surface area contributed by atoms with Crippen molar-refractivity contribution >= 4 is 11.8 Å². The topological polar surface area (TPSA) is 87.5 Å². The van der Waals surface area contributed by atoms with Crippen LogP contribution >= 0.6 is 0 Å². The molecule has 1 aliphatic heterocycles. The number of hydrazine groups is 1. The van der Waals surface area contributed by atoms with E-state index in [2.05, 4.69) is 17.1 Å². The summed E-state index contributed by atoms with van der Waals surface area (Å²) in [6.07, 6.45) is 3.78. The molecule has 0 spiro atoms. The van der Waals surface area contributed by atoms with Crippen LogP contribution in [0.15, 0.2) is 0 Å². The molecule has 4 N–H and O–H groups in total. The third kappa shape index (κ3) is 5.14. The second-order valence-corrected chi connectivity index (χ2v) is 4.48. The summed E-state index contributed by atoms with van der Waals surface area (Å²) in [5, 5.41) is 2.72. The van der Waals surface area contributed by atoms with Gasteiger partial charge in [-0.2, -0.15) is 0 Å². The number of nitrogens with one attached hydrogen (secondary N) is 2. The van der Waals surface area contributed by atoms with Crippen molar-refractivity contribution in [3.8, 4) is 0 Å². The minimum atomic E-state index is -0.267. The maximum atomic E-state index is 11.6. The molecule has 0 bridgehead atoms. The van der Waals surface area contributed by atoms with Crippen LogP contribution in [0.2, 0.25) is 0 Å². The van der Waals surface area contributed by atoms with Gasteiger partial charge >= 0.3 is 0 Å². The van der Waals surface area contributed by atoms with Crippen LogP contribution in [0.3, 0.4) is 0 Å². The van der Waals surface area contributed by atoms with Crippen molar-refractivity contribution in [2.45, 2.75) is 38.6 Å². The van der Waals surface area contributed by atoms with E-state index in [-0.39, 0.29) is 18.2 Å². The summed E-state index contributed by atoms with van der Waals surface area (Å²) < 4.78 is 0. The van der Waals surface area contributed by atoms with Crippen molar-refractivity contribution in [2.75, 3.05) is 19.6 Å². The summed E-state index contributed by atoms with van der Waals surface area (Å²) in [5.41, 5.74) is 2.03. The summed E-state index contributed by atoms with van der Waals surface area (Å²) in [7, 11) is 0. The van der Waals surface area contributed by atoms with Gasteiger partial charge in [-0.1, -0.05) is 6.42 Å². The number of nitrogens with zero attached hydrogens (tertiary/aromatic N) is 1. The number of amides is 2. The van der Waals surface area contributed by atoms with Gasteiger partial charge in [0, 0.05) is 19.0 Å². The predicted octanol–water partition coefficient (Wildman–Crippen LogP) is -0.643. The Morgan fingerprint density at radius 3 is 2.76 bits per heavy atom. The van der Waals surface area contributed by atoms with Gasteiger partial charge < -0.3 is 5.32 Å². The van der Waals surface area contributed by atoms with Gasteiger partial charge in [-0.25, -0.2) is 5.84 Å². The number of hydrogen-bond donors (Lipinski definition) is 3. The lowest BCUT2D eigenvalue weighted by Crippen LogP contribution is -2.45. The number of nitrogens with two attached hydrogens (primary N) is 1. The molecule has 1 saturated heterocycles. The Hall–Kier alpha value is -1.14. The largest absolute Gasteiger partial charge is 0.354 e. The Labute approximate surface area is 102 Å². The Morgan fingerprint density at radius 1 is 1.35 bits per heavy atom. The number of likely N-dealkylation sites (tertiary alicyclic amines) is 1. The van der Waals surface area contributed by atoms with E-state index in [0.717, 1.165) is 19.4 Å². The van der Waals surface area contributed by atoms with Crippen molar-refractivity contribution in [1.82, 2.24) is 15.6 Å². The molecule has 98 valence electrons. The van der Waals surface area contributed by atoms with Crippen molar-refractivity contribution in [3.63, 3.8) is 0 Å². The molecule has 0 aromatic carbocycles. The third-order valence-corrected chi connectivity index (χ3v) is 3.12. The molecule has 0 radical (unpaired) electrons. The van der Waals surface area contributed by atoms with E-state index in [4.69, 9.17) is 5.84 Å². The fraction of sp³-hybridized carbons (Fsp3) is 0.818. The molecule has 1 aliphatic rings. The molecule has 0 unspecified atom stereocenters. The quantitative estimate of drug-likeness (QED) is 0.198. The molecule has 2 amide bonds. The third-order valence-electron chi connectivity index (χ3n) is 3.12. The lowest BCUT2D eigenvalue weighted by molar-refractivity contribution is -0.123. The van der Waals surface area contributed by atoms with E-state index in [1.165, 1.54) is 6.42 Å². The number of rotatable bonds is 5. The van der Waals surface area contributed by atoms with E-state index in [1.807, 2.05) is 5.43 Å². The van der Waals surface area contributed by atoms with Gasteiger partial charge in [-0.3, -0.25) is 19.9 Å². The molecule has 1 atom stereocenters. The molecule has 1 rings (SSSR count). The Bertz CT molecular complexity index is 270. The van der Waals surface area contributed by atoms with Crippen molar-refractivity contribution < 1.29 is 9.59 Å². The van der Waals surface area contributed by atoms with Crippen LogP contribution in [0, 0.1) is 0 Å². The molecule has 1 fully saturated rings. The second kappa shape index (κ2) is 7.24. The summed E-state index contributed by atoms with van der Waals surface area (Å²) in [6, 6.07) is 0.474. The van der Waals surface area contributed by atoms with E-state index in [1.54, 1.807) is 0 Å². The van der Waals surface area contributed by atoms with Crippen LogP contribution in [0.5, 0.6) is 0 Å². The van der Waals surface area contributed by atoms with Crippen LogP contribution in [0.1, 0.15) is 32.6 Å². The normalized spacial score (nSPS) is 20.9. The monoisotopic (exact) mass is 246 g/mol. The molecule has 1 heterocycles. The number of hydrogen-bond acceptors (Lipinski definition) is 4. The molecule has 6 heteroatoms. The summed E-state index contributed by atoms with van der Waals surface area (Å²) in [5.74, 6) is 4.64. The first-order chi connectivity index (χ1) is 8.13. The van der Waals surface area contributed by atoms with Gasteiger partial charge in [-0.15, -0.1) is 0 Å². The van der Waals surface area contributed by atoms with Gasteiger partial charge in [0.2, 0.25) is 11.8 Å². The van der Waals surface area contributed by atoms with E-state index >= 15 is 0 Å². The Kier molecular flexibility index (Phi) is 5.93.